The third kappa shape index (κ3) is 2.01. The normalized spacial score (nSPS) is 11.1. The monoisotopic (exact) mass is 234 g/mol. The maximum Gasteiger partial charge on any atom is 0.397 e. The molecule has 0 fully saturated rings. The van der Waals surface area contributed by atoms with E-state index in [-0.39, 0.29) is 5.97 Å². The summed E-state index contributed by atoms with van der Waals surface area (Å²) in [5.74, 6) is -0.365. The molecule has 2 rings (SSSR count). The van der Waals surface area contributed by atoms with Gasteiger partial charge >= 0.3 is 5.97 Å². The van der Waals surface area contributed by atoms with Crippen LogP contribution in [0.3, 0.4) is 0 Å². The molecule has 0 aliphatic heterocycles. The van der Waals surface area contributed by atoms with Gasteiger partial charge in [-0.3, -0.25) is 0 Å². The van der Waals surface area contributed by atoms with E-state index in [9.17, 15) is 4.79 Å². The maximum absolute atomic E-state index is 11.9. The highest BCUT2D eigenvalue weighted by molar-refractivity contribution is 5.85. The van der Waals surface area contributed by atoms with Gasteiger partial charge in [-0.25, -0.2) is 9.36 Å². The van der Waals surface area contributed by atoms with E-state index in [2.05, 4.69) is 0 Å². The lowest BCUT2D eigenvalue weighted by Gasteiger charge is -2.08. The van der Waals surface area contributed by atoms with Crippen molar-refractivity contribution in [2.24, 2.45) is 7.05 Å². The summed E-state index contributed by atoms with van der Waals surface area (Å²) in [5, 5.41) is 1.39. The summed E-state index contributed by atoms with van der Waals surface area (Å²) in [7, 11) is 5.32. The molecule has 0 aliphatic rings. The second-order valence-corrected chi connectivity index (χ2v) is 4.16. The van der Waals surface area contributed by atoms with Crippen LogP contribution in [0.15, 0.2) is 24.4 Å². The summed E-state index contributed by atoms with van der Waals surface area (Å²) in [6.07, 6.45) is 1.92. The molecule has 0 saturated carbocycles. The molecule has 0 atom stereocenters. The highest BCUT2D eigenvalue weighted by Crippen LogP contribution is 2.05. The van der Waals surface area contributed by atoms with Crippen molar-refractivity contribution in [2.45, 2.75) is 6.92 Å². The van der Waals surface area contributed by atoms with Crippen LogP contribution >= 0.6 is 0 Å². The standard InChI is InChI=1S/C12H16N3O2/c1-9-8-15-10(12(16)17-13(2)3)6-5-7-11(15)14(9)4/h5-8H,1-4H3/q+1. The van der Waals surface area contributed by atoms with Crippen LogP contribution in [0.5, 0.6) is 0 Å². The quantitative estimate of drug-likeness (QED) is 0.567. The zero-order valence-corrected chi connectivity index (χ0v) is 10.5. The van der Waals surface area contributed by atoms with Gasteiger partial charge in [-0.2, -0.15) is 4.40 Å². The maximum atomic E-state index is 11.9. The number of aromatic nitrogens is 2. The fourth-order valence-electron chi connectivity index (χ4n) is 1.75. The van der Waals surface area contributed by atoms with E-state index < -0.39 is 0 Å². The summed E-state index contributed by atoms with van der Waals surface area (Å²) in [5.41, 5.74) is 2.55. The summed E-state index contributed by atoms with van der Waals surface area (Å²) < 4.78 is 3.85. The first kappa shape index (κ1) is 11.6. The lowest BCUT2D eigenvalue weighted by Crippen LogP contribution is -2.32. The van der Waals surface area contributed by atoms with Crippen LogP contribution in [0.1, 0.15) is 16.2 Å². The van der Waals surface area contributed by atoms with Gasteiger partial charge in [0.05, 0.1) is 7.05 Å². The fourth-order valence-corrected chi connectivity index (χ4v) is 1.75. The van der Waals surface area contributed by atoms with E-state index in [1.165, 1.54) is 5.06 Å². The average Bonchev–Trinajstić information content (AvgIpc) is 2.54. The Morgan fingerprint density at radius 3 is 2.76 bits per heavy atom. The number of fused-ring (bicyclic) bond motifs is 1. The van der Waals surface area contributed by atoms with Crippen molar-refractivity contribution in [3.63, 3.8) is 0 Å². The van der Waals surface area contributed by atoms with E-state index in [0.29, 0.717) is 5.69 Å². The minimum absolute atomic E-state index is 0.365. The van der Waals surface area contributed by atoms with Crippen molar-refractivity contribution in [1.29, 1.82) is 0 Å². The molecule has 0 aliphatic carbocycles. The number of hydrogen-bond donors (Lipinski definition) is 0. The van der Waals surface area contributed by atoms with E-state index in [1.54, 1.807) is 20.2 Å². The molecule has 0 bridgehead atoms. The van der Waals surface area contributed by atoms with Gasteiger partial charge in [-0.1, -0.05) is 0 Å². The SMILES string of the molecule is Cc1c[n+]2c(C(=O)ON(C)C)cccc2n1C. The molecular weight excluding hydrogens is 218 g/mol. The van der Waals surface area contributed by atoms with E-state index in [4.69, 9.17) is 4.84 Å². The van der Waals surface area contributed by atoms with Crippen LogP contribution in [-0.4, -0.2) is 29.7 Å². The van der Waals surface area contributed by atoms with Crippen LogP contribution in [0.25, 0.3) is 5.65 Å². The topological polar surface area (TPSA) is 38.6 Å². The summed E-state index contributed by atoms with van der Waals surface area (Å²) in [4.78, 5) is 17.0. The summed E-state index contributed by atoms with van der Waals surface area (Å²) >= 11 is 0. The number of pyridine rings is 1. The molecule has 17 heavy (non-hydrogen) atoms. The Kier molecular flexibility index (Phi) is 2.85. The first-order valence-corrected chi connectivity index (χ1v) is 5.37. The van der Waals surface area contributed by atoms with Crippen molar-refractivity contribution in [1.82, 2.24) is 9.63 Å². The first-order valence-electron chi connectivity index (χ1n) is 5.37. The van der Waals surface area contributed by atoms with Crippen LogP contribution in [-0.2, 0) is 11.9 Å². The molecular formula is C12H16N3O2+. The van der Waals surface area contributed by atoms with Crippen LogP contribution < -0.4 is 4.40 Å². The Bertz CT molecular complexity index is 572. The van der Waals surface area contributed by atoms with Crippen molar-refractivity contribution in [3.8, 4) is 0 Å². The van der Waals surface area contributed by atoms with Crippen molar-refractivity contribution >= 4 is 11.6 Å². The molecule has 5 nitrogen and oxygen atoms in total. The molecule has 0 N–H and O–H groups in total. The number of nitrogens with zero attached hydrogens (tertiary/aromatic N) is 3. The van der Waals surface area contributed by atoms with Crippen LogP contribution in [0, 0.1) is 6.92 Å². The number of aryl methyl sites for hydroxylation is 2. The van der Waals surface area contributed by atoms with Crippen molar-refractivity contribution in [3.05, 3.63) is 35.8 Å². The largest absolute Gasteiger partial charge is 0.397 e. The van der Waals surface area contributed by atoms with E-state index in [0.717, 1.165) is 11.3 Å². The van der Waals surface area contributed by atoms with Crippen LogP contribution in [0.2, 0.25) is 0 Å². The number of hydroxylamine groups is 2. The van der Waals surface area contributed by atoms with Gasteiger partial charge in [0.1, 0.15) is 11.9 Å². The molecule has 0 spiro atoms. The third-order valence-electron chi connectivity index (χ3n) is 2.67. The number of carbonyl (C=O) groups excluding carboxylic acids is 1. The smallest absolute Gasteiger partial charge is 0.362 e. The Labute approximate surface area is 99.8 Å². The highest BCUT2D eigenvalue weighted by atomic mass is 16.7. The zero-order valence-electron chi connectivity index (χ0n) is 10.5. The number of imidazole rings is 1. The first-order chi connectivity index (χ1) is 8.00. The van der Waals surface area contributed by atoms with E-state index >= 15 is 0 Å². The molecule has 0 aromatic carbocycles. The summed E-state index contributed by atoms with van der Waals surface area (Å²) in [6.45, 7) is 1.99. The second kappa shape index (κ2) is 4.18. The van der Waals surface area contributed by atoms with Gasteiger partial charge < -0.3 is 4.84 Å². The lowest BCUT2D eigenvalue weighted by molar-refractivity contribution is -0.515. The molecule has 0 unspecified atom stereocenters. The van der Waals surface area contributed by atoms with Gasteiger partial charge in [0.25, 0.3) is 5.65 Å². The third-order valence-corrected chi connectivity index (χ3v) is 2.67. The van der Waals surface area contributed by atoms with Gasteiger partial charge in [0.2, 0.25) is 5.69 Å². The number of carbonyl (C=O) groups is 1. The minimum Gasteiger partial charge on any atom is -0.362 e. The Balaban J connectivity index is 2.55. The minimum atomic E-state index is -0.365. The molecule has 2 aromatic rings. The average molecular weight is 234 g/mol. The van der Waals surface area contributed by atoms with Crippen molar-refractivity contribution < 1.29 is 14.0 Å². The van der Waals surface area contributed by atoms with E-state index in [1.807, 2.05) is 41.3 Å². The second-order valence-electron chi connectivity index (χ2n) is 4.16. The molecule has 90 valence electrons. The highest BCUT2D eigenvalue weighted by Gasteiger charge is 2.20. The fraction of sp³-hybridized carbons (Fsp3) is 0.333. The van der Waals surface area contributed by atoms with Crippen LogP contribution in [0.4, 0.5) is 0 Å². The van der Waals surface area contributed by atoms with Gasteiger partial charge in [-0.05, 0) is 12.1 Å². The molecule has 0 radical (unpaired) electrons. The zero-order chi connectivity index (χ0) is 12.6. The predicted octanol–water partition coefficient (Wildman–Crippen LogP) is 0.706. The lowest BCUT2D eigenvalue weighted by atomic mass is 10.3. The van der Waals surface area contributed by atoms with Crippen molar-refractivity contribution in [2.75, 3.05) is 14.1 Å². The predicted molar refractivity (Wildman–Crippen MR) is 62.4 cm³/mol. The van der Waals surface area contributed by atoms with Gasteiger partial charge in [-0.15, -0.1) is 5.06 Å². The Morgan fingerprint density at radius 1 is 1.41 bits per heavy atom. The Hall–Kier alpha value is -1.88. The molecule has 0 saturated heterocycles. The van der Waals surface area contributed by atoms with Gasteiger partial charge in [0, 0.05) is 27.1 Å². The molecule has 0 amide bonds. The molecule has 2 heterocycles. The Morgan fingerprint density at radius 2 is 2.12 bits per heavy atom. The number of hydrogen-bond acceptors (Lipinski definition) is 3. The van der Waals surface area contributed by atoms with Gasteiger partial charge in [0.15, 0.2) is 0 Å². The summed E-state index contributed by atoms with van der Waals surface area (Å²) in [6, 6.07) is 5.55. The molecule has 2 aromatic heterocycles. The molecule has 5 heteroatoms. The number of rotatable bonds is 2.